The number of carboxylic acid groups (broad SMARTS) is 1. The molecule has 2 aromatic carbocycles. The summed E-state index contributed by atoms with van der Waals surface area (Å²) >= 11 is 5.84. The minimum absolute atomic E-state index is 0.0289. The fourth-order valence-electron chi connectivity index (χ4n) is 2.64. The fraction of sp³-hybridized carbons (Fsp3) is 0.105. The number of benzene rings is 2. The predicted molar refractivity (Wildman–Crippen MR) is 99.1 cm³/mol. The SMILES string of the molecule is O=C(O)C[C@H](NC(=O)c1cc(O)n(-c2ccccc2F)n1)c1ccc(Cl)cc1. The van der Waals surface area contributed by atoms with E-state index in [2.05, 4.69) is 10.4 Å². The molecule has 0 saturated carbocycles. The van der Waals surface area contributed by atoms with Gasteiger partial charge in [-0.25, -0.2) is 4.39 Å². The van der Waals surface area contributed by atoms with E-state index in [-0.39, 0.29) is 17.8 Å². The molecule has 0 aliphatic heterocycles. The number of rotatable bonds is 6. The molecule has 0 bridgehead atoms. The van der Waals surface area contributed by atoms with E-state index < -0.39 is 29.6 Å². The Hall–Kier alpha value is -3.39. The Labute approximate surface area is 164 Å². The van der Waals surface area contributed by atoms with E-state index in [1.54, 1.807) is 30.3 Å². The molecule has 9 heteroatoms. The maximum atomic E-state index is 13.9. The van der Waals surface area contributed by atoms with E-state index in [4.69, 9.17) is 16.7 Å². The van der Waals surface area contributed by atoms with E-state index in [1.165, 1.54) is 18.2 Å². The number of carbonyl (C=O) groups excluding carboxylic acids is 1. The Kier molecular flexibility index (Phi) is 5.60. The van der Waals surface area contributed by atoms with Gasteiger partial charge in [-0.2, -0.15) is 9.78 Å². The number of para-hydroxylation sites is 1. The first kappa shape index (κ1) is 19.4. The maximum Gasteiger partial charge on any atom is 0.305 e. The van der Waals surface area contributed by atoms with Gasteiger partial charge in [0.1, 0.15) is 11.5 Å². The van der Waals surface area contributed by atoms with Gasteiger partial charge in [0.2, 0.25) is 5.88 Å². The maximum absolute atomic E-state index is 13.9. The summed E-state index contributed by atoms with van der Waals surface area (Å²) in [5.41, 5.74) is 0.321. The van der Waals surface area contributed by atoms with Gasteiger partial charge in [0.15, 0.2) is 5.69 Å². The number of aromatic nitrogens is 2. The van der Waals surface area contributed by atoms with Crippen LogP contribution >= 0.6 is 11.6 Å². The molecule has 1 atom stereocenters. The molecule has 3 N–H and O–H groups in total. The molecule has 1 amide bonds. The van der Waals surface area contributed by atoms with Crippen LogP contribution in [0.4, 0.5) is 4.39 Å². The van der Waals surface area contributed by atoms with Gasteiger partial charge < -0.3 is 15.5 Å². The lowest BCUT2D eigenvalue weighted by molar-refractivity contribution is -0.137. The van der Waals surface area contributed by atoms with Crippen molar-refractivity contribution in [3.8, 4) is 11.6 Å². The molecule has 0 radical (unpaired) electrons. The highest BCUT2D eigenvalue weighted by atomic mass is 35.5. The zero-order chi connectivity index (χ0) is 20.3. The largest absolute Gasteiger partial charge is 0.493 e. The Bertz CT molecular complexity index is 1020. The average Bonchev–Trinajstić information content (AvgIpc) is 3.03. The second-order valence-corrected chi connectivity index (χ2v) is 6.36. The second kappa shape index (κ2) is 8.10. The van der Waals surface area contributed by atoms with Crippen LogP contribution in [0, 0.1) is 5.82 Å². The average molecular weight is 404 g/mol. The highest BCUT2D eigenvalue weighted by Gasteiger charge is 2.22. The number of hydrogen-bond donors (Lipinski definition) is 3. The number of amides is 1. The van der Waals surface area contributed by atoms with Crippen LogP contribution in [-0.2, 0) is 4.79 Å². The number of nitrogens with zero attached hydrogens (tertiary/aromatic N) is 2. The Morgan fingerprint density at radius 1 is 1.18 bits per heavy atom. The van der Waals surface area contributed by atoms with Crippen molar-refractivity contribution in [1.82, 2.24) is 15.1 Å². The molecule has 0 spiro atoms. The second-order valence-electron chi connectivity index (χ2n) is 5.93. The van der Waals surface area contributed by atoms with Gasteiger partial charge in [0.25, 0.3) is 5.91 Å². The van der Waals surface area contributed by atoms with Crippen molar-refractivity contribution in [2.75, 3.05) is 0 Å². The summed E-state index contributed by atoms with van der Waals surface area (Å²) in [5, 5.41) is 26.1. The molecule has 0 unspecified atom stereocenters. The summed E-state index contributed by atoms with van der Waals surface area (Å²) in [6.07, 6.45) is -0.368. The van der Waals surface area contributed by atoms with Crippen molar-refractivity contribution in [1.29, 1.82) is 0 Å². The third-order valence-corrected chi connectivity index (χ3v) is 4.21. The number of carbonyl (C=O) groups is 2. The van der Waals surface area contributed by atoms with E-state index in [9.17, 15) is 19.1 Å². The summed E-state index contributed by atoms with van der Waals surface area (Å²) in [6.45, 7) is 0. The van der Waals surface area contributed by atoms with Gasteiger partial charge in [-0.05, 0) is 29.8 Å². The van der Waals surface area contributed by atoms with E-state index in [1.807, 2.05) is 0 Å². The van der Waals surface area contributed by atoms with Gasteiger partial charge >= 0.3 is 5.97 Å². The Balaban J connectivity index is 1.86. The van der Waals surface area contributed by atoms with Crippen molar-refractivity contribution in [2.24, 2.45) is 0 Å². The summed E-state index contributed by atoms with van der Waals surface area (Å²) in [4.78, 5) is 23.7. The van der Waals surface area contributed by atoms with Gasteiger partial charge in [0.05, 0.1) is 12.5 Å². The molecule has 1 heterocycles. The third-order valence-electron chi connectivity index (χ3n) is 3.96. The quantitative estimate of drug-likeness (QED) is 0.585. The number of halogens is 2. The molecular weight excluding hydrogens is 389 g/mol. The third kappa shape index (κ3) is 4.29. The minimum atomic E-state index is -1.11. The van der Waals surface area contributed by atoms with E-state index >= 15 is 0 Å². The number of hydrogen-bond acceptors (Lipinski definition) is 4. The molecule has 1 aromatic heterocycles. The first-order chi connectivity index (χ1) is 13.3. The molecule has 0 aliphatic carbocycles. The van der Waals surface area contributed by atoms with Gasteiger partial charge in [-0.3, -0.25) is 9.59 Å². The van der Waals surface area contributed by atoms with Crippen LogP contribution in [0.3, 0.4) is 0 Å². The van der Waals surface area contributed by atoms with Gasteiger partial charge in [-0.1, -0.05) is 35.9 Å². The zero-order valence-corrected chi connectivity index (χ0v) is 15.1. The lowest BCUT2D eigenvalue weighted by Crippen LogP contribution is -2.30. The number of nitrogens with one attached hydrogen (secondary N) is 1. The van der Waals surface area contributed by atoms with Crippen molar-refractivity contribution in [3.05, 3.63) is 76.7 Å². The van der Waals surface area contributed by atoms with E-state index in [0.29, 0.717) is 10.6 Å². The Morgan fingerprint density at radius 3 is 2.50 bits per heavy atom. The summed E-state index contributed by atoms with van der Waals surface area (Å²) in [7, 11) is 0. The molecule has 7 nitrogen and oxygen atoms in total. The molecule has 28 heavy (non-hydrogen) atoms. The number of carboxylic acids is 1. The van der Waals surface area contributed by atoms with Crippen molar-refractivity contribution >= 4 is 23.5 Å². The summed E-state index contributed by atoms with van der Waals surface area (Å²) in [6, 6.07) is 12.2. The van der Waals surface area contributed by atoms with Crippen molar-refractivity contribution in [3.63, 3.8) is 0 Å². The highest BCUT2D eigenvalue weighted by molar-refractivity contribution is 6.30. The molecule has 144 valence electrons. The molecular formula is C19H15ClFN3O4. The smallest absolute Gasteiger partial charge is 0.305 e. The molecule has 3 aromatic rings. The Morgan fingerprint density at radius 2 is 1.86 bits per heavy atom. The lowest BCUT2D eigenvalue weighted by Gasteiger charge is -2.16. The van der Waals surface area contributed by atoms with E-state index in [0.717, 1.165) is 10.7 Å². The normalized spacial score (nSPS) is 11.8. The van der Waals surface area contributed by atoms with Crippen LogP contribution in [0.1, 0.15) is 28.5 Å². The predicted octanol–water partition coefficient (Wildman–Crippen LogP) is 3.32. The fourth-order valence-corrected chi connectivity index (χ4v) is 2.76. The van der Waals surface area contributed by atoms with Crippen LogP contribution in [0.2, 0.25) is 5.02 Å². The van der Waals surface area contributed by atoms with Crippen LogP contribution in [0.15, 0.2) is 54.6 Å². The standard InChI is InChI=1S/C19H15ClFN3O4/c20-12-7-5-11(6-8-12)14(10-18(26)27)22-19(28)15-9-17(25)24(23-15)16-4-2-1-3-13(16)21/h1-9,14,25H,10H2,(H,22,28)(H,26,27)/t14-/m0/s1. The van der Waals surface area contributed by atoms with Crippen molar-refractivity contribution in [2.45, 2.75) is 12.5 Å². The minimum Gasteiger partial charge on any atom is -0.493 e. The molecule has 0 fully saturated rings. The highest BCUT2D eigenvalue weighted by Crippen LogP contribution is 2.23. The van der Waals surface area contributed by atoms with Gasteiger partial charge in [-0.15, -0.1) is 0 Å². The summed E-state index contributed by atoms with van der Waals surface area (Å²) in [5.74, 6) is -2.89. The topological polar surface area (TPSA) is 104 Å². The first-order valence-electron chi connectivity index (χ1n) is 8.17. The van der Waals surface area contributed by atoms with Crippen LogP contribution in [-0.4, -0.2) is 31.9 Å². The molecule has 0 saturated heterocycles. The van der Waals surface area contributed by atoms with Crippen molar-refractivity contribution < 1.29 is 24.2 Å². The molecule has 0 aliphatic rings. The number of aromatic hydroxyl groups is 1. The zero-order valence-electron chi connectivity index (χ0n) is 14.3. The van der Waals surface area contributed by atoms with Crippen LogP contribution in [0.25, 0.3) is 5.69 Å². The lowest BCUT2D eigenvalue weighted by atomic mass is 10.0. The van der Waals surface area contributed by atoms with Gasteiger partial charge in [0, 0.05) is 11.1 Å². The molecule has 3 rings (SSSR count). The monoisotopic (exact) mass is 403 g/mol. The number of aliphatic carboxylic acids is 1. The first-order valence-corrected chi connectivity index (χ1v) is 8.55. The van der Waals surface area contributed by atoms with Crippen LogP contribution < -0.4 is 5.32 Å². The summed E-state index contributed by atoms with van der Waals surface area (Å²) < 4.78 is 14.8. The van der Waals surface area contributed by atoms with Crippen LogP contribution in [0.5, 0.6) is 5.88 Å².